The molecule has 1 aliphatic carbocycles. The van der Waals surface area contributed by atoms with Crippen molar-refractivity contribution in [3.05, 3.63) is 39.4 Å². The van der Waals surface area contributed by atoms with E-state index < -0.39 is 0 Å². The van der Waals surface area contributed by atoms with Crippen LogP contribution in [-0.2, 0) is 9.59 Å². The zero-order valence-corrected chi connectivity index (χ0v) is 12.0. The van der Waals surface area contributed by atoms with Crippen LogP contribution in [0.1, 0.15) is 25.7 Å². The number of halogens is 2. The molecule has 4 nitrogen and oxygen atoms in total. The highest BCUT2D eigenvalue weighted by atomic mass is 35.5. The normalized spacial score (nSPS) is 18.6. The Morgan fingerprint density at radius 2 is 1.40 bits per heavy atom. The van der Waals surface area contributed by atoms with Gasteiger partial charge in [0.05, 0.1) is 0 Å². The first-order valence-electron chi connectivity index (χ1n) is 6.31. The van der Waals surface area contributed by atoms with Gasteiger partial charge in [-0.3, -0.25) is 9.59 Å². The van der Waals surface area contributed by atoms with E-state index in [0.29, 0.717) is 34.0 Å². The molecule has 0 radical (unpaired) electrons. The number of carbonyl (C=O) groups excluding carboxylic acids is 2. The van der Waals surface area contributed by atoms with Gasteiger partial charge < -0.3 is 4.84 Å². The Morgan fingerprint density at radius 1 is 0.900 bits per heavy atom. The fourth-order valence-electron chi connectivity index (χ4n) is 2.48. The lowest BCUT2D eigenvalue weighted by atomic mass is 9.93. The maximum Gasteiger partial charge on any atom is 0.290 e. The van der Waals surface area contributed by atoms with E-state index in [1.54, 1.807) is 6.07 Å². The average Bonchev–Trinajstić information content (AvgIpc) is 2.64. The highest BCUT2D eigenvalue weighted by molar-refractivity contribution is 6.34. The molecule has 0 saturated heterocycles. The highest BCUT2D eigenvalue weighted by Gasteiger charge is 2.40. The van der Waals surface area contributed by atoms with E-state index in [9.17, 15) is 9.59 Å². The van der Waals surface area contributed by atoms with Gasteiger partial charge in [-0.15, -0.1) is 0 Å². The van der Waals surface area contributed by atoms with E-state index in [4.69, 9.17) is 28.0 Å². The van der Waals surface area contributed by atoms with Crippen molar-refractivity contribution >= 4 is 35.0 Å². The van der Waals surface area contributed by atoms with E-state index in [-0.39, 0.29) is 17.6 Å². The molecule has 0 spiro atoms. The molecular weight excluding hydrogens is 301 g/mol. The standard InChI is InChI=1S/C14H11Cl2NO3/c15-8-5-9(16)7-10(6-8)20-17-13(18)11-3-1-2-4-12(11)14(17)19/h5-7H,1-4H2. The van der Waals surface area contributed by atoms with Crippen molar-refractivity contribution in [3.8, 4) is 5.75 Å². The van der Waals surface area contributed by atoms with E-state index in [2.05, 4.69) is 0 Å². The van der Waals surface area contributed by atoms with Gasteiger partial charge in [-0.1, -0.05) is 28.3 Å². The predicted octanol–water partition coefficient (Wildman–Crippen LogP) is 3.53. The lowest BCUT2D eigenvalue weighted by Crippen LogP contribution is -2.35. The molecular formula is C14H11Cl2NO3. The number of nitrogens with zero attached hydrogens (tertiary/aromatic N) is 1. The summed E-state index contributed by atoms with van der Waals surface area (Å²) in [5, 5.41) is 1.56. The number of hydrogen-bond donors (Lipinski definition) is 0. The maximum absolute atomic E-state index is 12.2. The van der Waals surface area contributed by atoms with Crippen LogP contribution in [0.3, 0.4) is 0 Å². The molecule has 20 heavy (non-hydrogen) atoms. The summed E-state index contributed by atoms with van der Waals surface area (Å²) in [4.78, 5) is 29.7. The molecule has 3 rings (SSSR count). The number of hydrogen-bond acceptors (Lipinski definition) is 3. The van der Waals surface area contributed by atoms with Gasteiger partial charge in [-0.25, -0.2) is 0 Å². The first-order chi connectivity index (χ1) is 9.56. The van der Waals surface area contributed by atoms with Crippen molar-refractivity contribution < 1.29 is 14.4 Å². The molecule has 0 unspecified atom stereocenters. The van der Waals surface area contributed by atoms with Gasteiger partial charge in [0.2, 0.25) is 0 Å². The Hall–Kier alpha value is -1.52. The molecule has 1 aliphatic heterocycles. The lowest BCUT2D eigenvalue weighted by Gasteiger charge is -2.15. The highest BCUT2D eigenvalue weighted by Crippen LogP contribution is 2.34. The number of carbonyl (C=O) groups is 2. The average molecular weight is 312 g/mol. The summed E-state index contributed by atoms with van der Waals surface area (Å²) in [7, 11) is 0. The Kier molecular flexibility index (Phi) is 3.44. The molecule has 1 aromatic rings. The van der Waals surface area contributed by atoms with Crippen LogP contribution in [0.5, 0.6) is 5.75 Å². The zero-order chi connectivity index (χ0) is 14.3. The minimum absolute atomic E-state index is 0.268. The lowest BCUT2D eigenvalue weighted by molar-refractivity contribution is -0.163. The van der Waals surface area contributed by atoms with Crippen molar-refractivity contribution in [3.63, 3.8) is 0 Å². The third-order valence-electron chi connectivity index (χ3n) is 3.39. The SMILES string of the molecule is O=C1C2=C(CCCC2)C(=O)N1Oc1cc(Cl)cc(Cl)c1. The topological polar surface area (TPSA) is 46.6 Å². The predicted molar refractivity (Wildman–Crippen MR) is 74.4 cm³/mol. The van der Waals surface area contributed by atoms with Gasteiger partial charge in [0.15, 0.2) is 5.75 Å². The molecule has 2 aliphatic rings. The van der Waals surface area contributed by atoms with Crippen LogP contribution in [-0.4, -0.2) is 16.9 Å². The van der Waals surface area contributed by atoms with Gasteiger partial charge in [-0.05, 0) is 31.7 Å². The fourth-order valence-corrected chi connectivity index (χ4v) is 2.99. The summed E-state index contributed by atoms with van der Waals surface area (Å²) < 4.78 is 0. The number of hydroxylamine groups is 2. The Bertz CT molecular complexity index is 591. The molecule has 0 aromatic heterocycles. The molecule has 0 bridgehead atoms. The Morgan fingerprint density at radius 3 is 1.90 bits per heavy atom. The number of imide groups is 1. The molecule has 1 aromatic carbocycles. The van der Waals surface area contributed by atoms with Crippen LogP contribution in [0.25, 0.3) is 0 Å². The summed E-state index contributed by atoms with van der Waals surface area (Å²) >= 11 is 11.7. The van der Waals surface area contributed by atoms with Crippen LogP contribution in [0, 0.1) is 0 Å². The van der Waals surface area contributed by atoms with E-state index in [1.807, 2.05) is 0 Å². The third-order valence-corrected chi connectivity index (χ3v) is 3.82. The second kappa shape index (κ2) is 5.11. The second-order valence-electron chi connectivity index (χ2n) is 4.77. The van der Waals surface area contributed by atoms with Gasteiger partial charge in [-0.2, -0.15) is 0 Å². The van der Waals surface area contributed by atoms with Crippen molar-refractivity contribution in [2.24, 2.45) is 0 Å². The van der Waals surface area contributed by atoms with Gasteiger partial charge in [0.25, 0.3) is 11.8 Å². The van der Waals surface area contributed by atoms with Crippen LogP contribution in [0.15, 0.2) is 29.3 Å². The largest absolute Gasteiger partial charge is 0.368 e. The number of amides is 2. The fraction of sp³-hybridized carbons (Fsp3) is 0.286. The Balaban J connectivity index is 1.86. The summed E-state index contributed by atoms with van der Waals surface area (Å²) in [5.74, 6) is -0.481. The third kappa shape index (κ3) is 2.30. The summed E-state index contributed by atoms with van der Waals surface area (Å²) in [6.45, 7) is 0. The number of benzene rings is 1. The zero-order valence-electron chi connectivity index (χ0n) is 10.5. The van der Waals surface area contributed by atoms with Gasteiger partial charge in [0.1, 0.15) is 0 Å². The molecule has 6 heteroatoms. The molecule has 104 valence electrons. The van der Waals surface area contributed by atoms with Crippen LogP contribution in [0.4, 0.5) is 0 Å². The first kappa shape index (κ1) is 13.5. The molecule has 0 atom stereocenters. The van der Waals surface area contributed by atoms with E-state index in [1.165, 1.54) is 12.1 Å². The smallest absolute Gasteiger partial charge is 0.290 e. The minimum atomic E-state index is -0.374. The van der Waals surface area contributed by atoms with Gasteiger partial charge in [0, 0.05) is 33.3 Å². The first-order valence-corrected chi connectivity index (χ1v) is 7.07. The molecule has 2 amide bonds. The van der Waals surface area contributed by atoms with Crippen LogP contribution in [0.2, 0.25) is 10.0 Å². The van der Waals surface area contributed by atoms with Crippen molar-refractivity contribution in [1.29, 1.82) is 0 Å². The maximum atomic E-state index is 12.2. The van der Waals surface area contributed by atoms with E-state index >= 15 is 0 Å². The van der Waals surface area contributed by atoms with Gasteiger partial charge >= 0.3 is 0 Å². The second-order valence-corrected chi connectivity index (χ2v) is 5.64. The molecule has 0 fully saturated rings. The monoisotopic (exact) mass is 311 g/mol. The van der Waals surface area contributed by atoms with Crippen molar-refractivity contribution in [2.75, 3.05) is 0 Å². The minimum Gasteiger partial charge on any atom is -0.368 e. The van der Waals surface area contributed by atoms with Crippen LogP contribution < -0.4 is 4.84 Å². The summed E-state index contributed by atoms with van der Waals surface area (Å²) in [6.07, 6.45) is 3.12. The van der Waals surface area contributed by atoms with Crippen LogP contribution >= 0.6 is 23.2 Å². The molecule has 0 saturated carbocycles. The quantitative estimate of drug-likeness (QED) is 0.785. The van der Waals surface area contributed by atoms with Crippen molar-refractivity contribution in [1.82, 2.24) is 5.06 Å². The summed E-state index contributed by atoms with van der Waals surface area (Å²) in [5.41, 5.74) is 1.16. The molecule has 0 N–H and O–H groups in total. The number of rotatable bonds is 2. The van der Waals surface area contributed by atoms with E-state index in [0.717, 1.165) is 17.9 Å². The Labute approximate surface area is 125 Å². The summed E-state index contributed by atoms with van der Waals surface area (Å²) in [6, 6.07) is 4.56. The van der Waals surface area contributed by atoms with Crippen molar-refractivity contribution in [2.45, 2.75) is 25.7 Å². The molecule has 1 heterocycles.